The average molecular weight is 460 g/mol. The molecule has 2 aliphatic rings. The van der Waals surface area contributed by atoms with Crippen LogP contribution in [0.4, 0.5) is 0 Å². The summed E-state index contributed by atoms with van der Waals surface area (Å²) in [5.74, 6) is -0.483. The summed E-state index contributed by atoms with van der Waals surface area (Å²) in [6.07, 6.45) is 3.24. The number of amides is 1. The lowest BCUT2D eigenvalue weighted by Gasteiger charge is -2.34. The van der Waals surface area contributed by atoms with Gasteiger partial charge >= 0.3 is 0 Å². The summed E-state index contributed by atoms with van der Waals surface area (Å²) in [5.41, 5.74) is 0.642. The second-order valence-electron chi connectivity index (χ2n) is 8.57. The van der Waals surface area contributed by atoms with Crippen LogP contribution < -0.4 is 0 Å². The van der Waals surface area contributed by atoms with Gasteiger partial charge in [0.25, 0.3) is 5.72 Å². The first-order valence-corrected chi connectivity index (χ1v) is 11.3. The van der Waals surface area contributed by atoms with Crippen molar-refractivity contribution < 1.29 is 14.3 Å². The van der Waals surface area contributed by atoms with Crippen molar-refractivity contribution in [3.8, 4) is 0 Å². The molecule has 1 atom stereocenters. The normalized spacial score (nSPS) is 19.9. The highest BCUT2D eigenvalue weighted by Gasteiger charge is 2.69. The third-order valence-corrected chi connectivity index (χ3v) is 6.72. The molecule has 0 saturated heterocycles. The van der Waals surface area contributed by atoms with Crippen LogP contribution in [0.15, 0.2) is 115 Å². The minimum atomic E-state index is -1.74. The number of hydrazone groups is 1. The number of carbonyl (C=O) groups excluding carboxylic acids is 2. The molecule has 6 heteroatoms. The van der Waals surface area contributed by atoms with Gasteiger partial charge in [-0.15, -0.1) is 5.10 Å². The molecular weight excluding hydrogens is 438 g/mol. The van der Waals surface area contributed by atoms with Crippen molar-refractivity contribution in [3.05, 3.63) is 137 Å². The van der Waals surface area contributed by atoms with Crippen molar-refractivity contribution in [2.75, 3.05) is 0 Å². The number of nitrogens with zero attached hydrogens (tertiary/aromatic N) is 3. The first-order valence-electron chi connectivity index (χ1n) is 11.3. The molecule has 170 valence electrons. The van der Waals surface area contributed by atoms with Crippen LogP contribution in [0, 0.1) is 0 Å². The molecule has 1 aliphatic heterocycles. The number of ether oxygens (including phenoxy) is 1. The van der Waals surface area contributed by atoms with Gasteiger partial charge in [-0.1, -0.05) is 84.9 Å². The van der Waals surface area contributed by atoms with Crippen LogP contribution in [0.5, 0.6) is 0 Å². The second-order valence-corrected chi connectivity index (χ2v) is 8.57. The molecule has 1 amide bonds. The first kappa shape index (κ1) is 21.0. The molecule has 6 nitrogen and oxygen atoms in total. The van der Waals surface area contributed by atoms with Crippen LogP contribution in [0.3, 0.4) is 0 Å². The highest BCUT2D eigenvalue weighted by atomic mass is 16.6. The van der Waals surface area contributed by atoms with Gasteiger partial charge in [-0.05, 0) is 28.8 Å². The van der Waals surface area contributed by atoms with Gasteiger partial charge in [0.05, 0.1) is 0 Å². The summed E-state index contributed by atoms with van der Waals surface area (Å²) < 4.78 is 6.48. The lowest BCUT2D eigenvalue weighted by Crippen LogP contribution is -2.52. The maximum absolute atomic E-state index is 15.0. The molecule has 0 N–H and O–H groups in total. The van der Waals surface area contributed by atoms with Crippen LogP contribution >= 0.6 is 0 Å². The van der Waals surface area contributed by atoms with Crippen LogP contribution in [-0.4, -0.2) is 27.6 Å². The third kappa shape index (κ3) is 2.77. The van der Waals surface area contributed by atoms with Crippen LogP contribution in [-0.2, 0) is 25.5 Å². The first-order chi connectivity index (χ1) is 17.1. The summed E-state index contributed by atoms with van der Waals surface area (Å²) in [4.78, 5) is 32.0. The molecule has 4 aromatic rings. The Morgan fingerprint density at radius 2 is 1.31 bits per heavy atom. The van der Waals surface area contributed by atoms with Gasteiger partial charge in [0, 0.05) is 30.4 Å². The van der Waals surface area contributed by atoms with E-state index in [2.05, 4.69) is 10.1 Å². The molecule has 3 aromatic carbocycles. The number of Topliss-reactive ketones (excluding diaryl/α,β-unsaturated/α-hetero) is 1. The Morgan fingerprint density at radius 1 is 0.771 bits per heavy atom. The van der Waals surface area contributed by atoms with Crippen LogP contribution in [0.25, 0.3) is 0 Å². The minimum absolute atomic E-state index is 0.197. The smallest absolute Gasteiger partial charge is 0.293 e. The number of rotatable bonds is 3. The number of hydrogen-bond acceptors (Lipinski definition) is 5. The fraction of sp³-hybridized carbons (Fsp3) is 0.103. The SMILES string of the molecule is CC(=O)N1N=C(c2ccncc2)O[C@@]12C(=O)C(c1ccccc1)(c1ccccc1)c1ccccc12. The van der Waals surface area contributed by atoms with Crippen molar-refractivity contribution in [2.45, 2.75) is 18.1 Å². The molecule has 6 rings (SSSR count). The van der Waals surface area contributed by atoms with E-state index in [4.69, 9.17) is 4.74 Å². The fourth-order valence-corrected chi connectivity index (χ4v) is 5.30. The van der Waals surface area contributed by atoms with Crippen LogP contribution in [0.1, 0.15) is 34.7 Å². The lowest BCUT2D eigenvalue weighted by atomic mass is 9.69. The Balaban J connectivity index is 1.67. The Kier molecular flexibility index (Phi) is 4.64. The summed E-state index contributed by atoms with van der Waals surface area (Å²) in [6.45, 7) is 1.39. The van der Waals surface area contributed by atoms with Crippen molar-refractivity contribution in [3.63, 3.8) is 0 Å². The van der Waals surface area contributed by atoms with E-state index >= 15 is 0 Å². The predicted molar refractivity (Wildman–Crippen MR) is 130 cm³/mol. The highest BCUT2D eigenvalue weighted by Crippen LogP contribution is 2.57. The molecule has 1 aliphatic carbocycles. The zero-order chi connectivity index (χ0) is 24.0. The van der Waals surface area contributed by atoms with Crippen LogP contribution in [0.2, 0.25) is 0 Å². The maximum atomic E-state index is 15.0. The molecule has 2 heterocycles. The largest absolute Gasteiger partial charge is 0.435 e. The van der Waals surface area contributed by atoms with Gasteiger partial charge in [-0.3, -0.25) is 14.6 Å². The Labute approximate surface area is 202 Å². The van der Waals surface area contributed by atoms with Gasteiger partial charge in [0.15, 0.2) is 0 Å². The standard InChI is InChI=1S/C29H21N3O3/c1-20(33)32-29(35-26(31-32)21-16-18-30-19-17-21)25-15-9-8-14-24(25)28(27(29)34,22-10-4-2-5-11-22)23-12-6-3-7-13-23/h2-19H,1H3/t29-/m0/s1. The van der Waals surface area contributed by atoms with Gasteiger partial charge in [-0.25, -0.2) is 0 Å². The van der Waals surface area contributed by atoms with E-state index in [1.165, 1.54) is 11.9 Å². The van der Waals surface area contributed by atoms with Gasteiger partial charge in [-0.2, -0.15) is 5.01 Å². The van der Waals surface area contributed by atoms with E-state index in [0.717, 1.165) is 16.7 Å². The predicted octanol–water partition coefficient (Wildman–Crippen LogP) is 4.39. The van der Waals surface area contributed by atoms with E-state index in [1.807, 2.05) is 84.9 Å². The van der Waals surface area contributed by atoms with Crippen molar-refractivity contribution in [2.24, 2.45) is 5.10 Å². The van der Waals surface area contributed by atoms with E-state index < -0.39 is 17.0 Å². The maximum Gasteiger partial charge on any atom is 0.293 e. The third-order valence-electron chi connectivity index (χ3n) is 6.72. The van der Waals surface area contributed by atoms with Crippen molar-refractivity contribution in [1.82, 2.24) is 9.99 Å². The molecule has 35 heavy (non-hydrogen) atoms. The summed E-state index contributed by atoms with van der Waals surface area (Å²) >= 11 is 0. The minimum Gasteiger partial charge on any atom is -0.435 e. The average Bonchev–Trinajstić information content (AvgIpc) is 3.42. The Bertz CT molecular complexity index is 1430. The summed E-state index contributed by atoms with van der Waals surface area (Å²) in [7, 11) is 0. The molecule has 0 fully saturated rings. The molecule has 0 radical (unpaired) electrons. The molecule has 0 unspecified atom stereocenters. The number of aromatic nitrogens is 1. The van der Waals surface area contributed by atoms with Gasteiger partial charge in [0.2, 0.25) is 17.6 Å². The zero-order valence-electron chi connectivity index (χ0n) is 19.0. The fourth-order valence-electron chi connectivity index (χ4n) is 5.30. The van der Waals surface area contributed by atoms with Gasteiger partial charge in [0.1, 0.15) is 5.41 Å². The molecular formula is C29H21N3O3. The topological polar surface area (TPSA) is 71.9 Å². The number of fused-ring (bicyclic) bond motifs is 2. The molecule has 0 saturated carbocycles. The van der Waals surface area contributed by atoms with Crippen molar-refractivity contribution >= 4 is 17.6 Å². The van der Waals surface area contributed by atoms with E-state index in [1.54, 1.807) is 24.5 Å². The summed E-state index contributed by atoms with van der Waals surface area (Å²) in [6, 6.07) is 30.3. The second kappa shape index (κ2) is 7.74. The molecule has 1 aromatic heterocycles. The lowest BCUT2D eigenvalue weighted by molar-refractivity contribution is -0.163. The number of hydrogen-bond donors (Lipinski definition) is 0. The van der Waals surface area contributed by atoms with Crippen molar-refractivity contribution in [1.29, 1.82) is 0 Å². The Morgan fingerprint density at radius 3 is 1.89 bits per heavy atom. The number of pyridine rings is 1. The number of carbonyl (C=O) groups is 2. The number of benzene rings is 3. The molecule has 0 bridgehead atoms. The monoisotopic (exact) mass is 459 g/mol. The van der Waals surface area contributed by atoms with E-state index in [0.29, 0.717) is 11.1 Å². The zero-order valence-corrected chi connectivity index (χ0v) is 19.0. The van der Waals surface area contributed by atoms with E-state index in [9.17, 15) is 9.59 Å². The molecule has 1 spiro atoms. The highest BCUT2D eigenvalue weighted by molar-refractivity contribution is 6.12. The van der Waals surface area contributed by atoms with Gasteiger partial charge < -0.3 is 4.74 Å². The van der Waals surface area contributed by atoms with E-state index in [-0.39, 0.29) is 11.7 Å². The quantitative estimate of drug-likeness (QED) is 0.456. The Hall–Kier alpha value is -4.58. The number of ketones is 1. The summed E-state index contributed by atoms with van der Waals surface area (Å²) in [5, 5.41) is 5.72.